The van der Waals surface area contributed by atoms with E-state index in [0.29, 0.717) is 12.5 Å². The Morgan fingerprint density at radius 2 is 2.10 bits per heavy atom. The fourth-order valence-corrected chi connectivity index (χ4v) is 2.77. The summed E-state index contributed by atoms with van der Waals surface area (Å²) >= 11 is 1.68. The van der Waals surface area contributed by atoms with E-state index in [1.807, 2.05) is 13.0 Å². The van der Waals surface area contributed by atoms with Crippen molar-refractivity contribution in [3.05, 3.63) is 45.4 Å². The second-order valence-corrected chi connectivity index (χ2v) is 6.27. The van der Waals surface area contributed by atoms with Crippen LogP contribution >= 0.6 is 11.3 Å². The second-order valence-electron chi connectivity index (χ2n) is 5.38. The van der Waals surface area contributed by atoms with Crippen molar-refractivity contribution in [2.45, 2.75) is 33.6 Å². The van der Waals surface area contributed by atoms with Crippen molar-refractivity contribution in [1.82, 2.24) is 4.98 Å². The first kappa shape index (κ1) is 15.5. The first-order valence-corrected chi connectivity index (χ1v) is 7.90. The highest BCUT2D eigenvalue weighted by atomic mass is 32.1. The van der Waals surface area contributed by atoms with Gasteiger partial charge in [0, 0.05) is 22.7 Å². The number of nitrogens with one attached hydrogen (secondary N) is 1. The van der Waals surface area contributed by atoms with E-state index in [-0.39, 0.29) is 5.92 Å². The number of rotatable bonds is 4. The highest BCUT2D eigenvalue weighted by Crippen LogP contribution is 2.20. The van der Waals surface area contributed by atoms with Crippen LogP contribution in [-0.4, -0.2) is 17.5 Å². The zero-order valence-electron chi connectivity index (χ0n) is 13.0. The Bertz CT molecular complexity index is 645. The van der Waals surface area contributed by atoms with Crippen molar-refractivity contribution in [3.8, 4) is 0 Å². The lowest BCUT2D eigenvalue weighted by molar-refractivity contribution is 0.763. The molecule has 112 valence electrons. The normalized spacial score (nSPS) is 13.2. The number of aliphatic imine (C=N–C) groups is 1. The molecule has 0 aliphatic rings. The van der Waals surface area contributed by atoms with Gasteiger partial charge < -0.3 is 11.1 Å². The predicted molar refractivity (Wildman–Crippen MR) is 91.3 cm³/mol. The van der Waals surface area contributed by atoms with Crippen LogP contribution in [0.4, 0.5) is 5.69 Å². The van der Waals surface area contributed by atoms with Gasteiger partial charge in [-0.3, -0.25) is 4.99 Å². The van der Waals surface area contributed by atoms with Crippen LogP contribution in [0.3, 0.4) is 0 Å². The lowest BCUT2D eigenvalue weighted by atomic mass is 10.1. The third kappa shape index (κ3) is 4.29. The lowest BCUT2D eigenvalue weighted by Gasteiger charge is -2.09. The van der Waals surface area contributed by atoms with Crippen LogP contribution in [0.1, 0.15) is 34.7 Å². The van der Waals surface area contributed by atoms with Gasteiger partial charge in [0.2, 0.25) is 0 Å². The SMILES string of the molecule is Cc1csc(C(C)CN=C(N)Nc2ccc(C)c(C)c2)n1. The topological polar surface area (TPSA) is 63.3 Å². The molecule has 0 fully saturated rings. The van der Waals surface area contributed by atoms with Crippen molar-refractivity contribution < 1.29 is 0 Å². The molecule has 0 amide bonds. The van der Waals surface area contributed by atoms with Crippen LogP contribution in [0.25, 0.3) is 0 Å². The molecule has 1 aromatic heterocycles. The maximum absolute atomic E-state index is 5.95. The molecule has 0 bridgehead atoms. The van der Waals surface area contributed by atoms with Crippen LogP contribution in [0.2, 0.25) is 0 Å². The number of guanidine groups is 1. The summed E-state index contributed by atoms with van der Waals surface area (Å²) in [6.07, 6.45) is 0. The summed E-state index contributed by atoms with van der Waals surface area (Å²) in [5.74, 6) is 0.724. The molecule has 2 rings (SSSR count). The van der Waals surface area contributed by atoms with Gasteiger partial charge in [0.25, 0.3) is 0 Å². The summed E-state index contributed by atoms with van der Waals surface area (Å²) in [7, 11) is 0. The van der Waals surface area contributed by atoms with E-state index >= 15 is 0 Å². The highest BCUT2D eigenvalue weighted by Gasteiger charge is 2.09. The minimum atomic E-state index is 0.281. The molecule has 0 saturated carbocycles. The minimum absolute atomic E-state index is 0.281. The van der Waals surface area contributed by atoms with Gasteiger partial charge in [0.1, 0.15) is 0 Å². The number of nitrogens with zero attached hydrogens (tertiary/aromatic N) is 2. The summed E-state index contributed by atoms with van der Waals surface area (Å²) in [5.41, 5.74) is 10.5. The molecule has 0 radical (unpaired) electrons. The quantitative estimate of drug-likeness (QED) is 0.670. The Labute approximate surface area is 130 Å². The number of nitrogens with two attached hydrogens (primary N) is 1. The van der Waals surface area contributed by atoms with Crippen molar-refractivity contribution >= 4 is 23.0 Å². The molecule has 1 heterocycles. The molecule has 21 heavy (non-hydrogen) atoms. The van der Waals surface area contributed by atoms with Gasteiger partial charge in [0.05, 0.1) is 11.6 Å². The van der Waals surface area contributed by atoms with E-state index < -0.39 is 0 Å². The fraction of sp³-hybridized carbons (Fsp3) is 0.375. The summed E-state index contributed by atoms with van der Waals surface area (Å²) in [6, 6.07) is 6.16. The molecular formula is C16H22N4S. The van der Waals surface area contributed by atoms with Crippen molar-refractivity contribution in [2.24, 2.45) is 10.7 Å². The van der Waals surface area contributed by atoms with Crippen molar-refractivity contribution in [3.63, 3.8) is 0 Å². The summed E-state index contributed by atoms with van der Waals surface area (Å²) in [5, 5.41) is 6.30. The molecule has 2 aromatic rings. The number of hydrogen-bond donors (Lipinski definition) is 2. The Kier molecular flexibility index (Phi) is 4.96. The number of thiazole rings is 1. The number of aromatic nitrogens is 1. The maximum atomic E-state index is 5.95. The van der Waals surface area contributed by atoms with E-state index in [4.69, 9.17) is 5.73 Å². The van der Waals surface area contributed by atoms with E-state index in [1.165, 1.54) is 11.1 Å². The molecule has 1 atom stereocenters. The van der Waals surface area contributed by atoms with Gasteiger partial charge in [-0.1, -0.05) is 13.0 Å². The molecule has 0 spiro atoms. The monoisotopic (exact) mass is 302 g/mol. The van der Waals surface area contributed by atoms with E-state index in [9.17, 15) is 0 Å². The number of hydrogen-bond acceptors (Lipinski definition) is 3. The van der Waals surface area contributed by atoms with Crippen LogP contribution in [0.15, 0.2) is 28.6 Å². The zero-order valence-corrected chi connectivity index (χ0v) is 13.8. The van der Waals surface area contributed by atoms with E-state index in [1.54, 1.807) is 11.3 Å². The Morgan fingerprint density at radius 3 is 2.71 bits per heavy atom. The summed E-state index contributed by atoms with van der Waals surface area (Å²) in [6.45, 7) is 8.93. The average Bonchev–Trinajstić information content (AvgIpc) is 2.87. The smallest absolute Gasteiger partial charge is 0.193 e. The lowest BCUT2D eigenvalue weighted by Crippen LogP contribution is -2.23. The van der Waals surface area contributed by atoms with Crippen LogP contribution in [0.5, 0.6) is 0 Å². The van der Waals surface area contributed by atoms with Crippen molar-refractivity contribution in [1.29, 1.82) is 0 Å². The number of aryl methyl sites for hydroxylation is 3. The summed E-state index contributed by atoms with van der Waals surface area (Å²) < 4.78 is 0. The zero-order chi connectivity index (χ0) is 15.4. The largest absolute Gasteiger partial charge is 0.370 e. The predicted octanol–water partition coefficient (Wildman–Crippen LogP) is 3.60. The van der Waals surface area contributed by atoms with Crippen molar-refractivity contribution in [2.75, 3.05) is 11.9 Å². The Hall–Kier alpha value is -1.88. The average molecular weight is 302 g/mol. The van der Waals surface area contributed by atoms with Gasteiger partial charge in [0.15, 0.2) is 5.96 Å². The molecule has 0 aliphatic carbocycles. The molecular weight excluding hydrogens is 280 g/mol. The minimum Gasteiger partial charge on any atom is -0.370 e. The first-order chi connectivity index (χ1) is 9.95. The molecule has 1 aromatic carbocycles. The van der Waals surface area contributed by atoms with Crippen LogP contribution in [0, 0.1) is 20.8 Å². The Balaban J connectivity index is 1.96. The van der Waals surface area contributed by atoms with Gasteiger partial charge in [-0.05, 0) is 44.0 Å². The van der Waals surface area contributed by atoms with Crippen LogP contribution in [-0.2, 0) is 0 Å². The first-order valence-electron chi connectivity index (χ1n) is 7.02. The third-order valence-electron chi connectivity index (χ3n) is 3.37. The molecule has 0 aliphatic heterocycles. The molecule has 4 nitrogen and oxygen atoms in total. The number of benzene rings is 1. The van der Waals surface area contributed by atoms with Crippen LogP contribution < -0.4 is 11.1 Å². The Morgan fingerprint density at radius 1 is 1.33 bits per heavy atom. The van der Waals surface area contributed by atoms with Gasteiger partial charge in [-0.15, -0.1) is 11.3 Å². The summed E-state index contributed by atoms with van der Waals surface area (Å²) in [4.78, 5) is 8.89. The third-order valence-corrected chi connectivity index (χ3v) is 4.57. The fourth-order valence-electron chi connectivity index (χ4n) is 1.92. The second kappa shape index (κ2) is 6.72. The standard InChI is InChI=1S/C16H22N4S/c1-10-5-6-14(7-11(10)2)20-16(17)18-8-12(3)15-19-13(4)9-21-15/h5-7,9,12H,8H2,1-4H3,(H3,17,18,20). The van der Waals surface area contributed by atoms with Gasteiger partial charge in [-0.25, -0.2) is 4.98 Å². The number of anilines is 1. The maximum Gasteiger partial charge on any atom is 0.193 e. The molecule has 0 saturated heterocycles. The van der Waals surface area contributed by atoms with E-state index in [2.05, 4.69) is 53.6 Å². The molecule has 3 N–H and O–H groups in total. The van der Waals surface area contributed by atoms with Gasteiger partial charge in [-0.2, -0.15) is 0 Å². The molecule has 5 heteroatoms. The highest BCUT2D eigenvalue weighted by molar-refractivity contribution is 7.09. The molecule has 1 unspecified atom stereocenters. The van der Waals surface area contributed by atoms with E-state index in [0.717, 1.165) is 16.4 Å². The van der Waals surface area contributed by atoms with Gasteiger partial charge >= 0.3 is 0 Å².